The Morgan fingerprint density at radius 2 is 2.35 bits per heavy atom. The van der Waals surface area contributed by atoms with Gasteiger partial charge in [0.25, 0.3) is 5.91 Å². The molecule has 0 saturated heterocycles. The van der Waals surface area contributed by atoms with Crippen LogP contribution in [0, 0.1) is 0 Å². The lowest BCUT2D eigenvalue weighted by molar-refractivity contribution is 0.0939. The summed E-state index contributed by atoms with van der Waals surface area (Å²) in [5, 5.41) is 7.77. The molecule has 1 unspecified atom stereocenters. The molecule has 0 aliphatic heterocycles. The van der Waals surface area contributed by atoms with Crippen LogP contribution < -0.4 is 5.32 Å². The van der Waals surface area contributed by atoms with E-state index in [0.29, 0.717) is 4.88 Å². The van der Waals surface area contributed by atoms with Crippen LogP contribution in [0.3, 0.4) is 0 Å². The van der Waals surface area contributed by atoms with Crippen LogP contribution in [0.15, 0.2) is 27.5 Å². The maximum Gasteiger partial charge on any atom is 0.263 e. The highest BCUT2D eigenvalue weighted by molar-refractivity contribution is 9.10. The number of carbonyl (C=O) groups is 1. The molecule has 0 spiro atoms. The Morgan fingerprint density at radius 1 is 1.53 bits per heavy atom. The normalized spacial score (nSPS) is 12.4. The first-order valence-electron chi connectivity index (χ1n) is 5.15. The van der Waals surface area contributed by atoms with Gasteiger partial charge in [-0.25, -0.2) is 4.98 Å². The standard InChI is InChI=1S/C11H11BrN2OS2/c1-2-8(11-13-4-6-17-11)14-10(15)9-7(12)3-5-16-9/h3-6,8H,2H2,1H3,(H,14,15). The van der Waals surface area contributed by atoms with Crippen LogP contribution in [0.5, 0.6) is 0 Å². The van der Waals surface area contributed by atoms with E-state index in [2.05, 4.69) is 26.2 Å². The lowest BCUT2D eigenvalue weighted by Gasteiger charge is -2.13. The van der Waals surface area contributed by atoms with Gasteiger partial charge >= 0.3 is 0 Å². The number of amides is 1. The molecular weight excluding hydrogens is 320 g/mol. The lowest BCUT2D eigenvalue weighted by atomic mass is 10.2. The van der Waals surface area contributed by atoms with Crippen LogP contribution >= 0.6 is 38.6 Å². The zero-order valence-electron chi connectivity index (χ0n) is 9.14. The molecule has 2 rings (SSSR count). The minimum absolute atomic E-state index is 0.00324. The van der Waals surface area contributed by atoms with Gasteiger partial charge in [0.2, 0.25) is 0 Å². The van der Waals surface area contributed by atoms with Crippen molar-refractivity contribution < 1.29 is 4.79 Å². The van der Waals surface area contributed by atoms with Gasteiger partial charge in [-0.15, -0.1) is 22.7 Å². The highest BCUT2D eigenvalue weighted by atomic mass is 79.9. The van der Waals surface area contributed by atoms with Gasteiger partial charge in [-0.2, -0.15) is 0 Å². The van der Waals surface area contributed by atoms with Gasteiger partial charge in [0.15, 0.2) is 0 Å². The molecule has 1 atom stereocenters. The van der Waals surface area contributed by atoms with Crippen LogP contribution in [0.2, 0.25) is 0 Å². The number of thiophene rings is 1. The van der Waals surface area contributed by atoms with Gasteiger partial charge in [-0.1, -0.05) is 6.92 Å². The molecule has 17 heavy (non-hydrogen) atoms. The van der Waals surface area contributed by atoms with E-state index in [0.717, 1.165) is 15.9 Å². The summed E-state index contributed by atoms with van der Waals surface area (Å²) in [6.45, 7) is 2.04. The Morgan fingerprint density at radius 3 is 2.88 bits per heavy atom. The van der Waals surface area contributed by atoms with Gasteiger partial charge in [0.05, 0.1) is 6.04 Å². The Labute approximate surface area is 116 Å². The fraction of sp³-hybridized carbons (Fsp3) is 0.273. The lowest BCUT2D eigenvalue weighted by Crippen LogP contribution is -2.27. The molecule has 0 fully saturated rings. The zero-order chi connectivity index (χ0) is 12.3. The summed E-state index contributed by atoms with van der Waals surface area (Å²) in [6.07, 6.45) is 2.60. The number of thiazole rings is 1. The highest BCUT2D eigenvalue weighted by Gasteiger charge is 2.18. The molecule has 0 radical (unpaired) electrons. The summed E-state index contributed by atoms with van der Waals surface area (Å²) in [4.78, 5) is 17.0. The topological polar surface area (TPSA) is 42.0 Å². The molecule has 2 aromatic heterocycles. The van der Waals surface area contributed by atoms with Crippen LogP contribution in [0.25, 0.3) is 0 Å². The monoisotopic (exact) mass is 330 g/mol. The third kappa shape index (κ3) is 2.94. The molecule has 2 aromatic rings. The molecule has 1 amide bonds. The summed E-state index contributed by atoms with van der Waals surface area (Å²) in [6, 6.07) is 1.88. The molecule has 0 aromatic carbocycles. The Bertz CT molecular complexity index is 495. The summed E-state index contributed by atoms with van der Waals surface area (Å²) < 4.78 is 0.842. The predicted molar refractivity (Wildman–Crippen MR) is 74.6 cm³/mol. The van der Waals surface area contributed by atoms with Crippen molar-refractivity contribution in [1.82, 2.24) is 10.3 Å². The second kappa shape index (κ2) is 5.75. The van der Waals surface area contributed by atoms with E-state index < -0.39 is 0 Å². The van der Waals surface area contributed by atoms with Gasteiger partial charge in [0, 0.05) is 16.0 Å². The van der Waals surface area contributed by atoms with Crippen LogP contribution in [-0.2, 0) is 0 Å². The smallest absolute Gasteiger partial charge is 0.263 e. The van der Waals surface area contributed by atoms with Crippen LogP contribution in [0.1, 0.15) is 34.1 Å². The van der Waals surface area contributed by atoms with Crippen LogP contribution in [-0.4, -0.2) is 10.9 Å². The molecule has 0 aliphatic rings. The van der Waals surface area contributed by atoms with Crippen molar-refractivity contribution in [2.75, 3.05) is 0 Å². The van der Waals surface area contributed by atoms with Crippen LogP contribution in [0.4, 0.5) is 0 Å². The molecule has 1 N–H and O–H groups in total. The van der Waals surface area contributed by atoms with E-state index in [1.807, 2.05) is 23.8 Å². The molecular formula is C11H11BrN2OS2. The fourth-order valence-electron chi connectivity index (χ4n) is 1.42. The Balaban J connectivity index is 2.10. The number of aromatic nitrogens is 1. The fourth-order valence-corrected chi connectivity index (χ4v) is 3.65. The van der Waals surface area contributed by atoms with Gasteiger partial charge in [-0.05, 0) is 33.8 Å². The third-order valence-electron chi connectivity index (χ3n) is 2.29. The summed E-state index contributed by atoms with van der Waals surface area (Å²) in [5.41, 5.74) is 0. The largest absolute Gasteiger partial charge is 0.342 e. The second-order valence-electron chi connectivity index (χ2n) is 3.40. The number of hydrogen-bond donors (Lipinski definition) is 1. The number of halogens is 1. The summed E-state index contributed by atoms with van der Waals surface area (Å²) in [7, 11) is 0. The van der Waals surface area contributed by atoms with E-state index in [1.54, 1.807) is 17.5 Å². The van der Waals surface area contributed by atoms with Crippen molar-refractivity contribution in [1.29, 1.82) is 0 Å². The van der Waals surface area contributed by atoms with Crippen molar-refractivity contribution in [3.05, 3.63) is 37.4 Å². The minimum Gasteiger partial charge on any atom is -0.342 e. The van der Waals surface area contributed by atoms with Crippen molar-refractivity contribution in [3.63, 3.8) is 0 Å². The third-order valence-corrected chi connectivity index (χ3v) is 5.01. The molecule has 90 valence electrons. The van der Waals surface area contributed by atoms with Gasteiger partial charge in [-0.3, -0.25) is 4.79 Å². The van der Waals surface area contributed by atoms with Gasteiger partial charge < -0.3 is 5.32 Å². The summed E-state index contributed by atoms with van der Waals surface area (Å²) in [5.74, 6) is -0.0473. The molecule has 0 aliphatic carbocycles. The maximum absolute atomic E-state index is 12.0. The second-order valence-corrected chi connectivity index (χ2v) is 6.10. The first kappa shape index (κ1) is 12.7. The van der Waals surface area contributed by atoms with E-state index in [4.69, 9.17) is 0 Å². The number of hydrogen-bond acceptors (Lipinski definition) is 4. The van der Waals surface area contributed by atoms with E-state index in [-0.39, 0.29) is 11.9 Å². The average molecular weight is 331 g/mol. The highest BCUT2D eigenvalue weighted by Crippen LogP contribution is 2.25. The predicted octanol–water partition coefficient (Wildman–Crippen LogP) is 3.85. The van der Waals surface area contributed by atoms with Crippen molar-refractivity contribution in [2.45, 2.75) is 19.4 Å². The zero-order valence-corrected chi connectivity index (χ0v) is 12.4. The minimum atomic E-state index is -0.0473. The molecule has 2 heterocycles. The molecule has 0 saturated carbocycles. The van der Waals surface area contributed by atoms with Crippen molar-refractivity contribution in [3.8, 4) is 0 Å². The molecule has 3 nitrogen and oxygen atoms in total. The van der Waals surface area contributed by atoms with E-state index in [1.165, 1.54) is 11.3 Å². The SMILES string of the molecule is CCC(NC(=O)c1sccc1Br)c1nccs1. The number of carbonyl (C=O) groups excluding carboxylic acids is 1. The first-order chi connectivity index (χ1) is 8.22. The van der Waals surface area contributed by atoms with Crippen molar-refractivity contribution >= 4 is 44.5 Å². The average Bonchev–Trinajstić information content (AvgIpc) is 2.96. The molecule has 6 heteroatoms. The number of rotatable bonds is 4. The van der Waals surface area contributed by atoms with Gasteiger partial charge in [0.1, 0.15) is 9.88 Å². The van der Waals surface area contributed by atoms with Crippen molar-refractivity contribution in [2.24, 2.45) is 0 Å². The Kier molecular flexibility index (Phi) is 4.31. The Hall–Kier alpha value is -0.720. The molecule has 0 bridgehead atoms. The first-order valence-corrected chi connectivity index (χ1v) is 7.70. The number of nitrogens with one attached hydrogen (secondary N) is 1. The van der Waals surface area contributed by atoms with E-state index >= 15 is 0 Å². The number of nitrogens with zero attached hydrogens (tertiary/aromatic N) is 1. The quantitative estimate of drug-likeness (QED) is 0.925. The van der Waals surface area contributed by atoms with E-state index in [9.17, 15) is 4.79 Å². The summed E-state index contributed by atoms with van der Waals surface area (Å²) >= 11 is 6.36. The maximum atomic E-state index is 12.0.